The molecule has 158 valence electrons. The van der Waals surface area contributed by atoms with Crippen LogP contribution in [0.1, 0.15) is 34.1 Å². The van der Waals surface area contributed by atoms with Crippen molar-refractivity contribution >= 4 is 28.9 Å². The summed E-state index contributed by atoms with van der Waals surface area (Å²) >= 11 is 5.81. The SMILES string of the molecule is COCCCn1c(=O)c2ccccc2n2c(=S)n(CN(CC(C)C)C(C)C)nc12. The molecule has 0 N–H and O–H groups in total. The highest BCUT2D eigenvalue weighted by Crippen LogP contribution is 2.15. The van der Waals surface area contributed by atoms with Crippen LogP contribution in [0.5, 0.6) is 0 Å². The van der Waals surface area contributed by atoms with E-state index in [-0.39, 0.29) is 5.56 Å². The lowest BCUT2D eigenvalue weighted by atomic mass is 10.2. The molecule has 0 aliphatic carbocycles. The molecular formula is C21H31N5O2S. The van der Waals surface area contributed by atoms with E-state index in [2.05, 4.69) is 32.6 Å². The van der Waals surface area contributed by atoms with Gasteiger partial charge in [-0.3, -0.25) is 18.7 Å². The highest BCUT2D eigenvalue weighted by Gasteiger charge is 2.18. The topological polar surface area (TPSA) is 56.7 Å². The predicted molar refractivity (Wildman–Crippen MR) is 119 cm³/mol. The second-order valence-electron chi connectivity index (χ2n) is 8.14. The quantitative estimate of drug-likeness (QED) is 0.394. The first kappa shape index (κ1) is 21.7. The molecule has 7 nitrogen and oxygen atoms in total. The number of benzene rings is 1. The molecule has 3 rings (SSSR count). The zero-order valence-corrected chi connectivity index (χ0v) is 18.8. The van der Waals surface area contributed by atoms with Crippen molar-refractivity contribution < 1.29 is 4.74 Å². The third kappa shape index (κ3) is 4.44. The molecule has 0 saturated carbocycles. The fraction of sp³-hybridized carbons (Fsp3) is 0.571. The number of methoxy groups -OCH3 is 1. The standard InChI is InChI=1S/C21H31N5O2S/c1-15(2)13-23(16(3)4)14-25-21(29)26-18-10-7-6-9-17(18)19(27)24(20(26)22-25)11-8-12-28-5/h6-7,9-10,15-16H,8,11-14H2,1-5H3. The molecule has 8 heteroatoms. The fourth-order valence-electron chi connectivity index (χ4n) is 3.60. The maximum absolute atomic E-state index is 13.1. The van der Waals surface area contributed by atoms with Gasteiger partial charge in [0.15, 0.2) is 0 Å². The van der Waals surface area contributed by atoms with Gasteiger partial charge in [0.25, 0.3) is 5.56 Å². The van der Waals surface area contributed by atoms with E-state index in [1.807, 2.05) is 33.3 Å². The molecule has 1 aromatic carbocycles. The second kappa shape index (κ2) is 9.19. The van der Waals surface area contributed by atoms with Gasteiger partial charge in [0.05, 0.1) is 17.6 Å². The van der Waals surface area contributed by atoms with E-state index in [1.165, 1.54) is 0 Å². The summed E-state index contributed by atoms with van der Waals surface area (Å²) in [5.74, 6) is 1.12. The molecule has 29 heavy (non-hydrogen) atoms. The molecule has 0 spiro atoms. The molecule has 0 radical (unpaired) electrons. The van der Waals surface area contributed by atoms with Crippen LogP contribution in [0, 0.1) is 10.7 Å². The summed E-state index contributed by atoms with van der Waals surface area (Å²) in [6, 6.07) is 7.95. The van der Waals surface area contributed by atoms with Crippen molar-refractivity contribution in [1.82, 2.24) is 23.6 Å². The molecule has 2 heterocycles. The van der Waals surface area contributed by atoms with Gasteiger partial charge in [0.2, 0.25) is 10.5 Å². The maximum atomic E-state index is 13.1. The average molecular weight is 418 g/mol. The van der Waals surface area contributed by atoms with Crippen molar-refractivity contribution in [2.75, 3.05) is 20.3 Å². The summed E-state index contributed by atoms with van der Waals surface area (Å²) in [5.41, 5.74) is 0.756. The van der Waals surface area contributed by atoms with Gasteiger partial charge in [-0.1, -0.05) is 26.0 Å². The number of rotatable bonds is 9. The Bertz CT molecular complexity index is 1100. The Kier molecular flexibility index (Phi) is 6.87. The lowest BCUT2D eigenvalue weighted by molar-refractivity contribution is 0.144. The number of fused-ring (bicyclic) bond motifs is 3. The van der Waals surface area contributed by atoms with E-state index < -0.39 is 0 Å². The number of hydrogen-bond acceptors (Lipinski definition) is 5. The minimum absolute atomic E-state index is 0.0424. The number of para-hydroxylation sites is 1. The van der Waals surface area contributed by atoms with Gasteiger partial charge in [0.1, 0.15) is 0 Å². The van der Waals surface area contributed by atoms with E-state index in [1.54, 1.807) is 11.7 Å². The summed E-state index contributed by atoms with van der Waals surface area (Å²) in [6.45, 7) is 11.4. The first-order chi connectivity index (χ1) is 13.8. The summed E-state index contributed by atoms with van der Waals surface area (Å²) in [6.07, 6.45) is 0.732. The van der Waals surface area contributed by atoms with E-state index in [0.29, 0.717) is 47.7 Å². The van der Waals surface area contributed by atoms with Gasteiger partial charge in [-0.15, -0.1) is 5.10 Å². The Hall–Kier alpha value is -2.03. The predicted octanol–water partition coefficient (Wildman–Crippen LogP) is 3.54. The third-order valence-corrected chi connectivity index (χ3v) is 5.45. The van der Waals surface area contributed by atoms with Gasteiger partial charge in [-0.2, -0.15) is 0 Å². The zero-order valence-electron chi connectivity index (χ0n) is 18.0. The minimum Gasteiger partial charge on any atom is -0.385 e. The van der Waals surface area contributed by atoms with Crippen LogP contribution in [0.15, 0.2) is 29.1 Å². The van der Waals surface area contributed by atoms with Gasteiger partial charge in [-0.25, -0.2) is 4.68 Å². The lowest BCUT2D eigenvalue weighted by Gasteiger charge is -2.27. The molecule has 0 unspecified atom stereocenters. The van der Waals surface area contributed by atoms with Gasteiger partial charge < -0.3 is 4.74 Å². The van der Waals surface area contributed by atoms with E-state index >= 15 is 0 Å². The Balaban J connectivity index is 2.18. The highest BCUT2D eigenvalue weighted by molar-refractivity contribution is 7.71. The van der Waals surface area contributed by atoms with Gasteiger partial charge in [-0.05, 0) is 50.5 Å². The molecular weight excluding hydrogens is 386 g/mol. The van der Waals surface area contributed by atoms with Crippen molar-refractivity contribution in [3.8, 4) is 0 Å². The number of nitrogens with zero attached hydrogens (tertiary/aromatic N) is 5. The number of ether oxygens (including phenoxy) is 1. The molecule has 0 saturated heterocycles. The zero-order chi connectivity index (χ0) is 21.1. The number of aromatic nitrogens is 4. The van der Waals surface area contributed by atoms with E-state index in [4.69, 9.17) is 22.1 Å². The normalized spacial score (nSPS) is 12.3. The molecule has 0 atom stereocenters. The Morgan fingerprint density at radius 1 is 1.21 bits per heavy atom. The van der Waals surface area contributed by atoms with Crippen LogP contribution in [0.3, 0.4) is 0 Å². The van der Waals surface area contributed by atoms with Crippen LogP contribution in [0.4, 0.5) is 0 Å². The molecule has 0 aliphatic rings. The Morgan fingerprint density at radius 2 is 1.93 bits per heavy atom. The van der Waals surface area contributed by atoms with Crippen LogP contribution in [-0.4, -0.2) is 50.0 Å². The summed E-state index contributed by atoms with van der Waals surface area (Å²) in [4.78, 5) is 15.5. The number of aryl methyl sites for hydroxylation is 1. The van der Waals surface area contributed by atoms with Crippen LogP contribution >= 0.6 is 12.2 Å². The van der Waals surface area contributed by atoms with Gasteiger partial charge in [0, 0.05) is 32.8 Å². The second-order valence-corrected chi connectivity index (χ2v) is 8.50. The van der Waals surface area contributed by atoms with Crippen LogP contribution in [0.25, 0.3) is 16.7 Å². The molecule has 2 aromatic heterocycles. The van der Waals surface area contributed by atoms with Crippen LogP contribution in [0.2, 0.25) is 0 Å². The maximum Gasteiger partial charge on any atom is 0.262 e. The van der Waals surface area contributed by atoms with Crippen molar-refractivity contribution in [1.29, 1.82) is 0 Å². The van der Waals surface area contributed by atoms with Crippen molar-refractivity contribution in [3.63, 3.8) is 0 Å². The highest BCUT2D eigenvalue weighted by atomic mass is 32.1. The van der Waals surface area contributed by atoms with E-state index in [9.17, 15) is 4.79 Å². The first-order valence-electron chi connectivity index (χ1n) is 10.2. The first-order valence-corrected chi connectivity index (χ1v) is 10.6. The smallest absolute Gasteiger partial charge is 0.262 e. The molecule has 0 amide bonds. The summed E-state index contributed by atoms with van der Waals surface area (Å²) in [5, 5.41) is 5.44. The molecule has 0 bridgehead atoms. The molecule has 3 aromatic rings. The monoisotopic (exact) mass is 417 g/mol. The fourth-order valence-corrected chi connectivity index (χ4v) is 3.88. The van der Waals surface area contributed by atoms with Crippen molar-refractivity contribution in [2.45, 2.75) is 53.4 Å². The third-order valence-electron chi connectivity index (χ3n) is 5.06. The molecule has 0 aliphatic heterocycles. The van der Waals surface area contributed by atoms with Crippen molar-refractivity contribution in [3.05, 3.63) is 39.4 Å². The van der Waals surface area contributed by atoms with Crippen LogP contribution < -0.4 is 5.56 Å². The summed E-state index contributed by atoms with van der Waals surface area (Å²) < 4.78 is 11.3. The average Bonchev–Trinajstić information content (AvgIpc) is 3.00. The minimum atomic E-state index is -0.0424. The Morgan fingerprint density at radius 3 is 2.59 bits per heavy atom. The lowest BCUT2D eigenvalue weighted by Crippen LogP contribution is -2.36. The Labute approximate surface area is 176 Å². The van der Waals surface area contributed by atoms with E-state index in [0.717, 1.165) is 18.5 Å². The molecule has 0 fully saturated rings. The largest absolute Gasteiger partial charge is 0.385 e. The van der Waals surface area contributed by atoms with Crippen LogP contribution in [-0.2, 0) is 18.0 Å². The van der Waals surface area contributed by atoms with Crippen molar-refractivity contribution in [2.24, 2.45) is 5.92 Å². The summed E-state index contributed by atoms with van der Waals surface area (Å²) in [7, 11) is 1.67. The van der Waals surface area contributed by atoms with Gasteiger partial charge >= 0.3 is 0 Å². The number of hydrogen-bond donors (Lipinski definition) is 0.